The molecule has 1 rings (SSSR count). The molecule has 21 heavy (non-hydrogen) atoms. The van der Waals surface area contributed by atoms with Crippen LogP contribution in [0, 0.1) is 0 Å². The molecule has 0 bridgehead atoms. The molecule has 0 radical (unpaired) electrons. The molecule has 0 aliphatic rings. The molecule has 7 heteroatoms. The van der Waals surface area contributed by atoms with Gasteiger partial charge in [-0.1, -0.05) is 0 Å². The quantitative estimate of drug-likeness (QED) is 0.730. The zero-order chi connectivity index (χ0) is 16.0. The Hall–Kier alpha value is -1.60. The number of nitrogens with zero attached hydrogens (tertiary/aromatic N) is 1. The highest BCUT2D eigenvalue weighted by atomic mass is 79.9. The molecule has 1 atom stereocenters. The van der Waals surface area contributed by atoms with Crippen molar-refractivity contribution in [2.75, 3.05) is 26.0 Å². The molecule has 6 nitrogen and oxygen atoms in total. The van der Waals surface area contributed by atoms with Crippen molar-refractivity contribution in [3.05, 3.63) is 28.2 Å². The van der Waals surface area contributed by atoms with E-state index in [4.69, 9.17) is 5.11 Å². The van der Waals surface area contributed by atoms with Crippen molar-refractivity contribution in [2.45, 2.75) is 19.4 Å². The van der Waals surface area contributed by atoms with Crippen molar-refractivity contribution in [3.8, 4) is 0 Å². The molecule has 1 aromatic carbocycles. The molecule has 1 aromatic rings. The van der Waals surface area contributed by atoms with Gasteiger partial charge in [0, 0.05) is 10.5 Å². The fraction of sp³-hybridized carbons (Fsp3) is 0.429. The van der Waals surface area contributed by atoms with E-state index < -0.39 is 5.97 Å². The fourth-order valence-corrected chi connectivity index (χ4v) is 2.01. The van der Waals surface area contributed by atoms with Crippen LogP contribution in [0.15, 0.2) is 22.7 Å². The Labute approximate surface area is 132 Å². The number of urea groups is 1. The van der Waals surface area contributed by atoms with E-state index in [9.17, 15) is 9.59 Å². The summed E-state index contributed by atoms with van der Waals surface area (Å²) < 4.78 is 0.628. The minimum atomic E-state index is -1.04. The zero-order valence-electron chi connectivity index (χ0n) is 12.3. The topological polar surface area (TPSA) is 81.7 Å². The highest BCUT2D eigenvalue weighted by molar-refractivity contribution is 9.10. The first kappa shape index (κ1) is 17.5. The molecule has 0 aliphatic heterocycles. The Bertz CT molecular complexity index is 520. The standard InChI is InChI=1S/C14H20BrN3O3/c1-9(6-7-18(2)3)16-14(21)17-12-8-10(13(19)20)4-5-11(12)15/h4-5,8-9H,6-7H2,1-3H3,(H,19,20)(H2,16,17,21). The Kier molecular flexibility index (Phi) is 6.64. The summed E-state index contributed by atoms with van der Waals surface area (Å²) in [5.74, 6) is -1.04. The van der Waals surface area contributed by atoms with E-state index in [1.807, 2.05) is 25.9 Å². The predicted molar refractivity (Wildman–Crippen MR) is 85.9 cm³/mol. The van der Waals surface area contributed by atoms with Gasteiger partial charge < -0.3 is 20.6 Å². The molecule has 1 unspecified atom stereocenters. The van der Waals surface area contributed by atoms with Gasteiger partial charge in [0.1, 0.15) is 0 Å². The van der Waals surface area contributed by atoms with Gasteiger partial charge >= 0.3 is 12.0 Å². The molecule has 0 spiro atoms. The predicted octanol–water partition coefficient (Wildman–Crippen LogP) is 2.61. The van der Waals surface area contributed by atoms with Crippen LogP contribution in [-0.4, -0.2) is 48.7 Å². The first-order valence-corrected chi connectivity index (χ1v) is 7.34. The van der Waals surface area contributed by atoms with Gasteiger partial charge in [-0.15, -0.1) is 0 Å². The Morgan fingerprint density at radius 1 is 1.38 bits per heavy atom. The molecule has 3 N–H and O–H groups in total. The lowest BCUT2D eigenvalue weighted by Crippen LogP contribution is -2.37. The number of hydrogen-bond donors (Lipinski definition) is 3. The van der Waals surface area contributed by atoms with E-state index in [2.05, 4.69) is 26.6 Å². The monoisotopic (exact) mass is 357 g/mol. The fourth-order valence-electron chi connectivity index (χ4n) is 1.66. The van der Waals surface area contributed by atoms with E-state index >= 15 is 0 Å². The van der Waals surface area contributed by atoms with Crippen molar-refractivity contribution >= 4 is 33.6 Å². The molecule has 0 aromatic heterocycles. The summed E-state index contributed by atoms with van der Waals surface area (Å²) in [5.41, 5.74) is 0.543. The number of carboxylic acids is 1. The number of benzene rings is 1. The van der Waals surface area contributed by atoms with Gasteiger partial charge in [0.05, 0.1) is 11.3 Å². The molecule has 0 saturated heterocycles. The van der Waals surface area contributed by atoms with Gasteiger partial charge in [0.15, 0.2) is 0 Å². The maximum atomic E-state index is 11.9. The van der Waals surface area contributed by atoms with Crippen LogP contribution >= 0.6 is 15.9 Å². The average Bonchev–Trinajstić information content (AvgIpc) is 2.38. The number of amides is 2. The number of carbonyl (C=O) groups is 2. The molecular formula is C14H20BrN3O3. The number of nitrogens with one attached hydrogen (secondary N) is 2. The van der Waals surface area contributed by atoms with Crippen LogP contribution < -0.4 is 10.6 Å². The number of carbonyl (C=O) groups excluding carboxylic acids is 1. The maximum Gasteiger partial charge on any atom is 0.335 e. The zero-order valence-corrected chi connectivity index (χ0v) is 13.9. The van der Waals surface area contributed by atoms with Crippen LogP contribution in [0.5, 0.6) is 0 Å². The highest BCUT2D eigenvalue weighted by Gasteiger charge is 2.11. The molecule has 116 valence electrons. The minimum Gasteiger partial charge on any atom is -0.478 e. The van der Waals surface area contributed by atoms with E-state index in [0.29, 0.717) is 10.2 Å². The SMILES string of the molecule is CC(CCN(C)C)NC(=O)Nc1cc(C(=O)O)ccc1Br. The normalized spacial score (nSPS) is 12.0. The molecule has 0 fully saturated rings. The Morgan fingerprint density at radius 3 is 2.62 bits per heavy atom. The summed E-state index contributed by atoms with van der Waals surface area (Å²) in [5, 5.41) is 14.4. The first-order chi connectivity index (χ1) is 9.79. The van der Waals surface area contributed by atoms with Crippen LogP contribution in [-0.2, 0) is 0 Å². The molecule has 2 amide bonds. The lowest BCUT2D eigenvalue weighted by atomic mass is 10.2. The van der Waals surface area contributed by atoms with Gasteiger partial charge in [-0.25, -0.2) is 9.59 Å². The number of carboxylic acid groups (broad SMARTS) is 1. The smallest absolute Gasteiger partial charge is 0.335 e. The summed E-state index contributed by atoms with van der Waals surface area (Å²) in [6.45, 7) is 2.80. The first-order valence-electron chi connectivity index (χ1n) is 6.54. The number of hydrogen-bond acceptors (Lipinski definition) is 3. The van der Waals surface area contributed by atoms with Crippen LogP contribution in [0.3, 0.4) is 0 Å². The minimum absolute atomic E-state index is 0.0221. The molecular weight excluding hydrogens is 338 g/mol. The van der Waals surface area contributed by atoms with Gasteiger partial charge in [0.2, 0.25) is 0 Å². The van der Waals surface area contributed by atoms with E-state index in [-0.39, 0.29) is 17.6 Å². The van der Waals surface area contributed by atoms with Crippen LogP contribution in [0.4, 0.5) is 10.5 Å². The number of rotatable bonds is 6. The van der Waals surface area contributed by atoms with Gasteiger partial charge in [-0.2, -0.15) is 0 Å². The molecule has 0 saturated carbocycles. The third-order valence-electron chi connectivity index (χ3n) is 2.85. The number of anilines is 1. The van der Waals surface area contributed by atoms with Gasteiger partial charge in [-0.05, 0) is 68.1 Å². The molecule has 0 heterocycles. The van der Waals surface area contributed by atoms with E-state index in [1.54, 1.807) is 6.07 Å². The second-order valence-electron chi connectivity index (χ2n) is 5.09. The maximum absolute atomic E-state index is 11.9. The third kappa shape index (κ3) is 6.14. The van der Waals surface area contributed by atoms with Gasteiger partial charge in [-0.3, -0.25) is 0 Å². The third-order valence-corrected chi connectivity index (χ3v) is 3.54. The summed E-state index contributed by atoms with van der Waals surface area (Å²) in [7, 11) is 3.95. The molecule has 0 aliphatic carbocycles. The van der Waals surface area contributed by atoms with Crippen molar-refractivity contribution in [1.29, 1.82) is 0 Å². The second kappa shape index (κ2) is 7.99. The van der Waals surface area contributed by atoms with Crippen LogP contribution in [0.1, 0.15) is 23.7 Å². The lowest BCUT2D eigenvalue weighted by molar-refractivity contribution is 0.0697. The second-order valence-corrected chi connectivity index (χ2v) is 5.95. The van der Waals surface area contributed by atoms with Crippen LogP contribution in [0.2, 0.25) is 0 Å². The summed E-state index contributed by atoms with van der Waals surface area (Å²) in [4.78, 5) is 24.9. The van der Waals surface area contributed by atoms with Crippen LogP contribution in [0.25, 0.3) is 0 Å². The number of halogens is 1. The Morgan fingerprint density at radius 2 is 2.05 bits per heavy atom. The summed E-state index contributed by atoms with van der Waals surface area (Å²) in [6, 6.07) is 4.14. The number of aromatic carboxylic acids is 1. The lowest BCUT2D eigenvalue weighted by Gasteiger charge is -2.17. The van der Waals surface area contributed by atoms with Crippen molar-refractivity contribution < 1.29 is 14.7 Å². The van der Waals surface area contributed by atoms with Crippen molar-refractivity contribution in [2.24, 2.45) is 0 Å². The summed E-state index contributed by atoms with van der Waals surface area (Å²) in [6.07, 6.45) is 0.830. The average molecular weight is 358 g/mol. The van der Waals surface area contributed by atoms with E-state index in [0.717, 1.165) is 13.0 Å². The largest absolute Gasteiger partial charge is 0.478 e. The Balaban J connectivity index is 2.62. The highest BCUT2D eigenvalue weighted by Crippen LogP contribution is 2.23. The van der Waals surface area contributed by atoms with E-state index in [1.165, 1.54) is 12.1 Å². The summed E-state index contributed by atoms with van der Waals surface area (Å²) >= 11 is 3.28. The van der Waals surface area contributed by atoms with Gasteiger partial charge in [0.25, 0.3) is 0 Å². The van der Waals surface area contributed by atoms with Crippen molar-refractivity contribution in [1.82, 2.24) is 10.2 Å². The van der Waals surface area contributed by atoms with Crippen molar-refractivity contribution in [3.63, 3.8) is 0 Å².